The van der Waals surface area contributed by atoms with Crippen LogP contribution < -0.4 is 5.32 Å². The Balaban J connectivity index is 1.95. The van der Waals surface area contributed by atoms with Crippen molar-refractivity contribution in [2.24, 2.45) is 5.92 Å². The van der Waals surface area contributed by atoms with Crippen molar-refractivity contribution in [3.63, 3.8) is 0 Å². The summed E-state index contributed by atoms with van der Waals surface area (Å²) in [5, 5.41) is 3.66. The Morgan fingerprint density at radius 3 is 2.63 bits per heavy atom. The number of rotatable bonds is 4. The van der Waals surface area contributed by atoms with Gasteiger partial charge in [-0.1, -0.05) is 19.8 Å². The SMILES string of the molecule is CCCN(C(=O)C1CCC2CCCCC2N1)C(C)C. The Hall–Kier alpha value is -0.570. The molecule has 1 saturated heterocycles. The Morgan fingerprint density at radius 1 is 1.21 bits per heavy atom. The van der Waals surface area contributed by atoms with Crippen molar-refractivity contribution in [3.8, 4) is 0 Å². The maximum atomic E-state index is 12.7. The Labute approximate surface area is 118 Å². The van der Waals surface area contributed by atoms with Crippen molar-refractivity contribution in [1.29, 1.82) is 0 Å². The fraction of sp³-hybridized carbons (Fsp3) is 0.938. The minimum atomic E-state index is 0.0771. The molecule has 0 radical (unpaired) electrons. The van der Waals surface area contributed by atoms with Crippen LogP contribution >= 0.6 is 0 Å². The summed E-state index contributed by atoms with van der Waals surface area (Å²) in [6.07, 6.45) is 8.67. The van der Waals surface area contributed by atoms with Gasteiger partial charge in [-0.3, -0.25) is 4.79 Å². The number of nitrogens with one attached hydrogen (secondary N) is 1. The smallest absolute Gasteiger partial charge is 0.239 e. The second-order valence-corrected chi connectivity index (χ2v) is 6.57. The van der Waals surface area contributed by atoms with Crippen LogP contribution in [0.4, 0.5) is 0 Å². The van der Waals surface area contributed by atoms with Crippen LogP contribution in [-0.2, 0) is 4.79 Å². The van der Waals surface area contributed by atoms with E-state index in [-0.39, 0.29) is 6.04 Å². The summed E-state index contributed by atoms with van der Waals surface area (Å²) in [6.45, 7) is 7.29. The van der Waals surface area contributed by atoms with Gasteiger partial charge in [-0.15, -0.1) is 0 Å². The molecule has 1 amide bonds. The number of piperidine rings is 1. The van der Waals surface area contributed by atoms with E-state index in [2.05, 4.69) is 31.0 Å². The monoisotopic (exact) mass is 266 g/mol. The fourth-order valence-electron chi connectivity index (χ4n) is 3.75. The van der Waals surface area contributed by atoms with Gasteiger partial charge in [0.15, 0.2) is 0 Å². The van der Waals surface area contributed by atoms with Crippen LogP contribution in [0.5, 0.6) is 0 Å². The van der Waals surface area contributed by atoms with Crippen LogP contribution in [0.3, 0.4) is 0 Å². The quantitative estimate of drug-likeness (QED) is 0.848. The molecule has 1 heterocycles. The molecule has 0 aromatic heterocycles. The topological polar surface area (TPSA) is 32.3 Å². The molecular weight excluding hydrogens is 236 g/mol. The zero-order chi connectivity index (χ0) is 13.8. The third-order valence-corrected chi connectivity index (χ3v) is 4.82. The van der Waals surface area contributed by atoms with Crippen molar-refractivity contribution in [1.82, 2.24) is 10.2 Å². The lowest BCUT2D eigenvalue weighted by Gasteiger charge is -2.41. The summed E-state index contributed by atoms with van der Waals surface area (Å²) in [7, 11) is 0. The highest BCUT2D eigenvalue weighted by Gasteiger charge is 2.36. The summed E-state index contributed by atoms with van der Waals surface area (Å²) in [4.78, 5) is 14.7. The first-order valence-corrected chi connectivity index (χ1v) is 8.20. The molecular formula is C16H30N2O. The first-order chi connectivity index (χ1) is 9.13. The highest BCUT2D eigenvalue weighted by molar-refractivity contribution is 5.82. The lowest BCUT2D eigenvalue weighted by molar-refractivity contribution is -0.136. The number of nitrogens with zero attached hydrogens (tertiary/aromatic N) is 1. The molecule has 3 unspecified atom stereocenters. The van der Waals surface area contributed by atoms with E-state index in [0.717, 1.165) is 25.3 Å². The maximum absolute atomic E-state index is 12.7. The van der Waals surface area contributed by atoms with Crippen LogP contribution in [0, 0.1) is 5.92 Å². The lowest BCUT2D eigenvalue weighted by Crippen LogP contribution is -2.56. The molecule has 0 aromatic rings. The molecule has 0 bridgehead atoms. The van der Waals surface area contributed by atoms with E-state index < -0.39 is 0 Å². The van der Waals surface area contributed by atoms with Gasteiger partial charge in [0.25, 0.3) is 0 Å². The maximum Gasteiger partial charge on any atom is 0.239 e. The van der Waals surface area contributed by atoms with Crippen LogP contribution in [0.2, 0.25) is 0 Å². The van der Waals surface area contributed by atoms with Gasteiger partial charge in [0.1, 0.15) is 0 Å². The largest absolute Gasteiger partial charge is 0.339 e. The Morgan fingerprint density at radius 2 is 1.95 bits per heavy atom. The standard InChI is InChI=1S/C16H30N2O/c1-4-11-18(12(2)3)16(19)15-10-9-13-7-5-6-8-14(13)17-15/h12-15,17H,4-11H2,1-3H3. The van der Waals surface area contributed by atoms with E-state index in [1.54, 1.807) is 0 Å². The van der Waals surface area contributed by atoms with Crippen LogP contribution in [-0.4, -0.2) is 35.5 Å². The molecule has 2 fully saturated rings. The summed E-state index contributed by atoms with van der Waals surface area (Å²) in [6, 6.07) is 0.999. The second-order valence-electron chi connectivity index (χ2n) is 6.57. The van der Waals surface area contributed by atoms with E-state index in [1.165, 1.54) is 32.1 Å². The number of hydrogen-bond acceptors (Lipinski definition) is 2. The van der Waals surface area contributed by atoms with Gasteiger partial charge < -0.3 is 10.2 Å². The van der Waals surface area contributed by atoms with Gasteiger partial charge in [0, 0.05) is 18.6 Å². The molecule has 1 saturated carbocycles. The van der Waals surface area contributed by atoms with Crippen LogP contribution in [0.25, 0.3) is 0 Å². The van der Waals surface area contributed by atoms with E-state index in [0.29, 0.717) is 18.0 Å². The van der Waals surface area contributed by atoms with E-state index in [1.807, 2.05) is 0 Å². The summed E-state index contributed by atoms with van der Waals surface area (Å²) < 4.78 is 0. The van der Waals surface area contributed by atoms with Crippen molar-refractivity contribution in [2.45, 2.75) is 83.8 Å². The van der Waals surface area contributed by atoms with Gasteiger partial charge in [0.05, 0.1) is 6.04 Å². The lowest BCUT2D eigenvalue weighted by atomic mass is 9.77. The van der Waals surface area contributed by atoms with Gasteiger partial charge in [-0.05, 0) is 51.9 Å². The molecule has 2 rings (SSSR count). The average molecular weight is 266 g/mol. The van der Waals surface area contributed by atoms with Crippen LogP contribution in [0.1, 0.15) is 65.7 Å². The molecule has 1 aliphatic carbocycles. The Bertz CT molecular complexity index is 303. The zero-order valence-electron chi connectivity index (χ0n) is 12.8. The Kier molecular flexibility index (Phi) is 5.26. The first kappa shape index (κ1) is 14.8. The molecule has 3 atom stereocenters. The molecule has 0 spiro atoms. The van der Waals surface area contributed by atoms with Crippen molar-refractivity contribution < 1.29 is 4.79 Å². The number of carbonyl (C=O) groups excluding carboxylic acids is 1. The fourth-order valence-corrected chi connectivity index (χ4v) is 3.75. The molecule has 3 nitrogen and oxygen atoms in total. The number of carbonyl (C=O) groups is 1. The van der Waals surface area contributed by atoms with Crippen molar-refractivity contribution in [2.75, 3.05) is 6.54 Å². The predicted molar refractivity (Wildman–Crippen MR) is 79.0 cm³/mol. The highest BCUT2D eigenvalue weighted by Crippen LogP contribution is 2.32. The molecule has 1 N–H and O–H groups in total. The van der Waals surface area contributed by atoms with Crippen molar-refractivity contribution >= 4 is 5.91 Å². The van der Waals surface area contributed by atoms with Crippen molar-refractivity contribution in [3.05, 3.63) is 0 Å². The average Bonchev–Trinajstić information content (AvgIpc) is 2.43. The highest BCUT2D eigenvalue weighted by atomic mass is 16.2. The normalized spacial score (nSPS) is 31.1. The van der Waals surface area contributed by atoms with E-state index in [4.69, 9.17) is 0 Å². The number of hydrogen-bond donors (Lipinski definition) is 1. The molecule has 110 valence electrons. The molecule has 1 aliphatic heterocycles. The van der Waals surface area contributed by atoms with Gasteiger partial charge in [0.2, 0.25) is 5.91 Å². The number of amides is 1. The minimum Gasteiger partial charge on any atom is -0.339 e. The number of fused-ring (bicyclic) bond motifs is 1. The van der Waals surface area contributed by atoms with E-state index >= 15 is 0 Å². The predicted octanol–water partition coefficient (Wildman–Crippen LogP) is 2.94. The molecule has 19 heavy (non-hydrogen) atoms. The third-order valence-electron chi connectivity index (χ3n) is 4.82. The summed E-state index contributed by atoms with van der Waals surface area (Å²) in [5.41, 5.74) is 0. The molecule has 3 heteroatoms. The van der Waals surface area contributed by atoms with Gasteiger partial charge >= 0.3 is 0 Å². The molecule has 2 aliphatic rings. The molecule has 0 aromatic carbocycles. The minimum absolute atomic E-state index is 0.0771. The van der Waals surface area contributed by atoms with Gasteiger partial charge in [-0.25, -0.2) is 0 Å². The van der Waals surface area contributed by atoms with E-state index in [9.17, 15) is 4.79 Å². The summed E-state index contributed by atoms with van der Waals surface area (Å²) >= 11 is 0. The third kappa shape index (κ3) is 3.50. The van der Waals surface area contributed by atoms with Gasteiger partial charge in [-0.2, -0.15) is 0 Å². The summed E-state index contributed by atoms with van der Waals surface area (Å²) in [5.74, 6) is 1.16. The van der Waals surface area contributed by atoms with Crippen LogP contribution in [0.15, 0.2) is 0 Å². The first-order valence-electron chi connectivity index (χ1n) is 8.20. The second kappa shape index (κ2) is 6.74. The zero-order valence-corrected chi connectivity index (χ0v) is 12.8.